The van der Waals surface area contributed by atoms with E-state index in [1.165, 1.54) is 77.0 Å². The van der Waals surface area contributed by atoms with Crippen LogP contribution < -0.4 is 0 Å². The van der Waals surface area contributed by atoms with Crippen LogP contribution in [0.5, 0.6) is 0 Å². The van der Waals surface area contributed by atoms with Crippen LogP contribution in [0.4, 0.5) is 0 Å². The van der Waals surface area contributed by atoms with Gasteiger partial charge in [-0.25, -0.2) is 0 Å². The largest absolute Gasteiger partial charge is 0.0885 e. The Balaban J connectivity index is 0.000000284. The van der Waals surface area contributed by atoms with Gasteiger partial charge >= 0.3 is 0 Å². The monoisotopic (exact) mass is 413 g/mol. The molecule has 0 heterocycles. The van der Waals surface area contributed by atoms with Gasteiger partial charge in [0.25, 0.3) is 0 Å². The summed E-state index contributed by atoms with van der Waals surface area (Å²) in [5.41, 5.74) is 0. The molecule has 2 aliphatic rings. The van der Waals surface area contributed by atoms with Crippen molar-refractivity contribution in [3.8, 4) is 0 Å². The van der Waals surface area contributed by atoms with E-state index in [1.54, 1.807) is 0 Å². The molecule has 0 saturated carbocycles. The summed E-state index contributed by atoms with van der Waals surface area (Å²) in [6.45, 7) is 0. The van der Waals surface area contributed by atoms with Crippen molar-refractivity contribution in [3.05, 3.63) is 24.3 Å². The maximum atomic E-state index is 2.32. The summed E-state index contributed by atoms with van der Waals surface area (Å²) in [6, 6.07) is 0. The molecule has 0 aromatic carbocycles. The van der Waals surface area contributed by atoms with E-state index >= 15 is 0 Å². The molecule has 101 valence electrons. The molecule has 0 aromatic heterocycles. The summed E-state index contributed by atoms with van der Waals surface area (Å²) in [7, 11) is 0. The van der Waals surface area contributed by atoms with Gasteiger partial charge in [0, 0.05) is 20.1 Å². The van der Waals surface area contributed by atoms with Crippen molar-refractivity contribution in [2.24, 2.45) is 0 Å². The summed E-state index contributed by atoms with van der Waals surface area (Å²) < 4.78 is 0. The molecule has 0 nitrogen and oxygen atoms in total. The predicted molar refractivity (Wildman–Crippen MR) is 73.7 cm³/mol. The second-order valence-corrected chi connectivity index (χ2v) is 4.93. The van der Waals surface area contributed by atoms with Crippen LogP contribution in [0.15, 0.2) is 24.3 Å². The van der Waals surface area contributed by atoms with Gasteiger partial charge in [-0.1, -0.05) is 50.0 Å². The standard InChI is InChI=1S/2C8H14.Ir/c2*1-2-4-6-8-7-5-3-1;/h2*1-2H,3-8H2;. The van der Waals surface area contributed by atoms with E-state index in [9.17, 15) is 0 Å². The van der Waals surface area contributed by atoms with Gasteiger partial charge in [0.1, 0.15) is 0 Å². The van der Waals surface area contributed by atoms with E-state index in [4.69, 9.17) is 0 Å². The second kappa shape index (κ2) is 14.2. The molecular formula is C16H28Ir. The van der Waals surface area contributed by atoms with Crippen LogP contribution in [-0.2, 0) is 20.1 Å². The van der Waals surface area contributed by atoms with Crippen LogP contribution in [-0.4, -0.2) is 0 Å². The van der Waals surface area contributed by atoms with Gasteiger partial charge in [0.15, 0.2) is 0 Å². The molecule has 1 radical (unpaired) electrons. The van der Waals surface area contributed by atoms with E-state index in [2.05, 4.69) is 24.3 Å². The van der Waals surface area contributed by atoms with E-state index < -0.39 is 0 Å². The normalized spacial score (nSPS) is 20.7. The van der Waals surface area contributed by atoms with Gasteiger partial charge in [-0.3, -0.25) is 0 Å². The van der Waals surface area contributed by atoms with Crippen LogP contribution in [0.1, 0.15) is 77.0 Å². The SMILES string of the molecule is C1=CCCCCCC1.C1=CCCCCCC1.[Ir]. The zero-order chi connectivity index (χ0) is 11.3. The van der Waals surface area contributed by atoms with Crippen molar-refractivity contribution in [3.63, 3.8) is 0 Å². The fourth-order valence-electron chi connectivity index (χ4n) is 2.23. The molecule has 0 unspecified atom stereocenters. The van der Waals surface area contributed by atoms with E-state index in [-0.39, 0.29) is 20.1 Å². The quantitative estimate of drug-likeness (QED) is 0.442. The van der Waals surface area contributed by atoms with Crippen LogP contribution in [0, 0.1) is 0 Å². The fraction of sp³-hybridized carbons (Fsp3) is 0.750. The first-order valence-corrected chi connectivity index (χ1v) is 7.30. The van der Waals surface area contributed by atoms with Crippen LogP contribution >= 0.6 is 0 Å². The van der Waals surface area contributed by atoms with E-state index in [0.29, 0.717) is 0 Å². The van der Waals surface area contributed by atoms with E-state index in [0.717, 1.165) is 0 Å². The van der Waals surface area contributed by atoms with Gasteiger partial charge in [-0.2, -0.15) is 0 Å². The smallest absolute Gasteiger partial charge is 0 e. The minimum absolute atomic E-state index is 0. The van der Waals surface area contributed by atoms with Crippen LogP contribution in [0.3, 0.4) is 0 Å². The van der Waals surface area contributed by atoms with Crippen molar-refractivity contribution in [1.82, 2.24) is 0 Å². The molecule has 0 spiro atoms. The topological polar surface area (TPSA) is 0 Å². The van der Waals surface area contributed by atoms with Gasteiger partial charge in [0.05, 0.1) is 0 Å². The molecule has 0 bridgehead atoms. The number of hydrogen-bond acceptors (Lipinski definition) is 0. The molecule has 0 amide bonds. The van der Waals surface area contributed by atoms with Gasteiger partial charge in [-0.15, -0.1) is 0 Å². The third kappa shape index (κ3) is 12.4. The zero-order valence-electron chi connectivity index (χ0n) is 11.1. The first-order chi connectivity index (χ1) is 8.00. The fourth-order valence-corrected chi connectivity index (χ4v) is 2.23. The third-order valence-electron chi connectivity index (χ3n) is 3.32. The summed E-state index contributed by atoms with van der Waals surface area (Å²) >= 11 is 0. The molecule has 2 rings (SSSR count). The molecule has 0 N–H and O–H groups in total. The molecule has 0 aromatic rings. The Hall–Kier alpha value is 0.129. The number of hydrogen-bond donors (Lipinski definition) is 0. The molecule has 0 atom stereocenters. The number of rotatable bonds is 0. The predicted octanol–water partition coefficient (Wildman–Crippen LogP) is 5.79. The van der Waals surface area contributed by atoms with E-state index in [1.807, 2.05) is 0 Å². The van der Waals surface area contributed by atoms with Gasteiger partial charge < -0.3 is 0 Å². The average Bonchev–Trinajstić information content (AvgIpc) is 2.15. The Morgan fingerprint density at radius 2 is 0.588 bits per heavy atom. The third-order valence-corrected chi connectivity index (χ3v) is 3.32. The summed E-state index contributed by atoms with van der Waals surface area (Å²) in [5, 5.41) is 0. The Labute approximate surface area is 121 Å². The Morgan fingerprint density at radius 3 is 0.824 bits per heavy atom. The molecule has 1 heteroatoms. The molecule has 2 aliphatic carbocycles. The molecule has 0 saturated heterocycles. The Bertz CT molecular complexity index is 152. The molecule has 0 aliphatic heterocycles. The molecular weight excluding hydrogens is 384 g/mol. The maximum Gasteiger partial charge on any atom is 0 e. The van der Waals surface area contributed by atoms with Crippen molar-refractivity contribution in [1.29, 1.82) is 0 Å². The average molecular weight is 413 g/mol. The Morgan fingerprint density at radius 1 is 0.353 bits per heavy atom. The first kappa shape index (κ1) is 17.1. The Kier molecular flexibility index (Phi) is 14.3. The van der Waals surface area contributed by atoms with Gasteiger partial charge in [-0.05, 0) is 51.4 Å². The minimum Gasteiger partial charge on any atom is -0.0885 e. The first-order valence-electron chi connectivity index (χ1n) is 7.30. The number of allylic oxidation sites excluding steroid dienone is 4. The maximum absolute atomic E-state index is 2.32. The molecule has 17 heavy (non-hydrogen) atoms. The summed E-state index contributed by atoms with van der Waals surface area (Å²) in [5.74, 6) is 0. The van der Waals surface area contributed by atoms with Crippen LogP contribution in [0.25, 0.3) is 0 Å². The van der Waals surface area contributed by atoms with Crippen molar-refractivity contribution in [2.45, 2.75) is 77.0 Å². The van der Waals surface area contributed by atoms with Crippen LogP contribution in [0.2, 0.25) is 0 Å². The van der Waals surface area contributed by atoms with Crippen molar-refractivity contribution < 1.29 is 20.1 Å². The molecule has 0 fully saturated rings. The minimum atomic E-state index is 0. The van der Waals surface area contributed by atoms with Crippen molar-refractivity contribution in [2.75, 3.05) is 0 Å². The zero-order valence-corrected chi connectivity index (χ0v) is 13.5. The van der Waals surface area contributed by atoms with Gasteiger partial charge in [0.2, 0.25) is 0 Å². The second-order valence-electron chi connectivity index (χ2n) is 4.93. The summed E-state index contributed by atoms with van der Waals surface area (Å²) in [4.78, 5) is 0. The van der Waals surface area contributed by atoms with Crippen molar-refractivity contribution >= 4 is 0 Å². The summed E-state index contributed by atoms with van der Waals surface area (Å²) in [6.07, 6.45) is 26.0.